The van der Waals surface area contributed by atoms with Gasteiger partial charge < -0.3 is 14.7 Å². The van der Waals surface area contributed by atoms with Crippen LogP contribution in [0.15, 0.2) is 77.8 Å². The van der Waals surface area contributed by atoms with Crippen LogP contribution < -0.4 is 4.74 Å². The van der Waals surface area contributed by atoms with Gasteiger partial charge >= 0.3 is 6.18 Å². The molecule has 0 fully saturated rings. The van der Waals surface area contributed by atoms with Crippen LogP contribution in [-0.2, 0) is 6.18 Å². The van der Waals surface area contributed by atoms with E-state index in [1.165, 1.54) is 12.1 Å². The zero-order valence-corrected chi connectivity index (χ0v) is 17.5. The van der Waals surface area contributed by atoms with Crippen LogP contribution in [0.25, 0.3) is 0 Å². The summed E-state index contributed by atoms with van der Waals surface area (Å²) in [5.41, 5.74) is 1.95. The second-order valence-electron chi connectivity index (χ2n) is 7.52. The van der Waals surface area contributed by atoms with E-state index in [1.807, 2.05) is 59.5 Å². The van der Waals surface area contributed by atoms with Crippen LogP contribution in [-0.4, -0.2) is 36.1 Å². The normalized spacial score (nSPS) is 15.8. The molecule has 0 aliphatic carbocycles. The van der Waals surface area contributed by atoms with Gasteiger partial charge in [0, 0.05) is 24.3 Å². The summed E-state index contributed by atoms with van der Waals surface area (Å²) < 4.78 is 45.8. The second kappa shape index (κ2) is 9.04. The van der Waals surface area contributed by atoms with Crippen LogP contribution in [0.4, 0.5) is 18.9 Å². The van der Waals surface area contributed by atoms with Crippen LogP contribution in [0.5, 0.6) is 5.75 Å². The summed E-state index contributed by atoms with van der Waals surface area (Å²) in [5, 5.41) is 9.49. The van der Waals surface area contributed by atoms with E-state index in [4.69, 9.17) is 9.73 Å². The van der Waals surface area contributed by atoms with E-state index in [9.17, 15) is 18.3 Å². The first-order valence-electron chi connectivity index (χ1n) is 10.3. The lowest BCUT2D eigenvalue weighted by Crippen LogP contribution is -2.39. The SMILES string of the molecule is COc1ccc(C2=Nc3ccc(C(F)(F)F)cc3C(c3ccccc3)N2CCCO)cc1. The second-order valence-corrected chi connectivity index (χ2v) is 7.52. The highest BCUT2D eigenvalue weighted by molar-refractivity contribution is 6.02. The highest BCUT2D eigenvalue weighted by Crippen LogP contribution is 2.43. The molecular formula is C25H23F3N2O2. The van der Waals surface area contributed by atoms with Gasteiger partial charge in [0.2, 0.25) is 0 Å². The predicted octanol–water partition coefficient (Wildman–Crippen LogP) is 5.58. The van der Waals surface area contributed by atoms with Gasteiger partial charge in [0.25, 0.3) is 0 Å². The number of alkyl halides is 3. The maximum absolute atomic E-state index is 13.5. The average molecular weight is 440 g/mol. The third kappa shape index (κ3) is 4.34. The fourth-order valence-corrected chi connectivity index (χ4v) is 3.96. The molecule has 0 amide bonds. The number of halogens is 3. The van der Waals surface area contributed by atoms with Crippen LogP contribution in [0.1, 0.15) is 34.7 Å². The van der Waals surface area contributed by atoms with E-state index in [0.717, 1.165) is 17.2 Å². The van der Waals surface area contributed by atoms with Gasteiger partial charge in [-0.25, -0.2) is 4.99 Å². The van der Waals surface area contributed by atoms with Gasteiger partial charge in [-0.3, -0.25) is 0 Å². The lowest BCUT2D eigenvalue weighted by molar-refractivity contribution is -0.137. The van der Waals surface area contributed by atoms with Crippen molar-refractivity contribution in [2.45, 2.75) is 18.6 Å². The summed E-state index contributed by atoms with van der Waals surface area (Å²) in [5.74, 6) is 1.34. The van der Waals surface area contributed by atoms with E-state index >= 15 is 0 Å². The molecule has 0 radical (unpaired) electrons. The molecule has 1 aliphatic heterocycles. The molecule has 1 heterocycles. The third-order valence-corrected chi connectivity index (χ3v) is 5.48. The van der Waals surface area contributed by atoms with Crippen LogP contribution in [0.3, 0.4) is 0 Å². The van der Waals surface area contributed by atoms with Gasteiger partial charge in [-0.15, -0.1) is 0 Å². The number of nitrogens with zero attached hydrogens (tertiary/aromatic N) is 2. The molecule has 0 spiro atoms. The number of benzene rings is 3. The Balaban J connectivity index is 1.92. The van der Waals surface area contributed by atoms with Crippen LogP contribution >= 0.6 is 0 Å². The molecule has 3 aromatic rings. The number of aliphatic imine (C=N–C) groups is 1. The molecule has 4 rings (SSSR count). The Labute approximate surface area is 184 Å². The molecule has 3 aromatic carbocycles. The number of rotatable bonds is 6. The Morgan fingerprint density at radius 3 is 2.34 bits per heavy atom. The van der Waals surface area contributed by atoms with Crippen molar-refractivity contribution in [2.75, 3.05) is 20.3 Å². The van der Waals surface area contributed by atoms with Crippen molar-refractivity contribution in [2.24, 2.45) is 4.99 Å². The zero-order chi connectivity index (χ0) is 22.7. The van der Waals surface area contributed by atoms with Crippen LogP contribution in [0, 0.1) is 0 Å². The van der Waals surface area contributed by atoms with Crippen molar-refractivity contribution in [3.8, 4) is 5.75 Å². The molecule has 7 heteroatoms. The summed E-state index contributed by atoms with van der Waals surface area (Å²) >= 11 is 0. The minimum Gasteiger partial charge on any atom is -0.497 e. The summed E-state index contributed by atoms with van der Waals surface area (Å²) in [4.78, 5) is 6.73. The van der Waals surface area contributed by atoms with Gasteiger partial charge in [0.05, 0.1) is 24.4 Å². The van der Waals surface area contributed by atoms with Crippen molar-refractivity contribution in [3.05, 3.63) is 95.1 Å². The molecule has 1 N–H and O–H groups in total. The van der Waals surface area contributed by atoms with Crippen molar-refractivity contribution in [1.82, 2.24) is 4.90 Å². The van der Waals surface area contributed by atoms with Gasteiger partial charge in [0.1, 0.15) is 11.6 Å². The largest absolute Gasteiger partial charge is 0.497 e. The Morgan fingerprint density at radius 1 is 1.00 bits per heavy atom. The minimum absolute atomic E-state index is 0.0383. The molecular weight excluding hydrogens is 417 g/mol. The maximum Gasteiger partial charge on any atom is 0.416 e. The first-order valence-corrected chi connectivity index (χ1v) is 10.3. The smallest absolute Gasteiger partial charge is 0.416 e. The maximum atomic E-state index is 13.5. The van der Waals surface area contributed by atoms with Crippen molar-refractivity contribution < 1.29 is 23.0 Å². The number of aliphatic hydroxyl groups excluding tert-OH is 1. The van der Waals surface area contributed by atoms with Gasteiger partial charge in [-0.2, -0.15) is 13.2 Å². The number of ether oxygens (including phenoxy) is 1. The predicted molar refractivity (Wildman–Crippen MR) is 117 cm³/mol. The topological polar surface area (TPSA) is 45.1 Å². The van der Waals surface area contributed by atoms with E-state index in [2.05, 4.69) is 0 Å². The number of methoxy groups -OCH3 is 1. The molecule has 166 valence electrons. The van der Waals surface area contributed by atoms with Crippen LogP contribution in [0.2, 0.25) is 0 Å². The number of amidine groups is 1. The molecule has 0 saturated carbocycles. The van der Waals surface area contributed by atoms with E-state index in [0.29, 0.717) is 35.8 Å². The number of aliphatic hydroxyl groups is 1. The van der Waals surface area contributed by atoms with Crippen molar-refractivity contribution >= 4 is 11.5 Å². The summed E-state index contributed by atoms with van der Waals surface area (Å²) in [6, 6.07) is 20.0. The first-order chi connectivity index (χ1) is 15.4. The Morgan fingerprint density at radius 2 is 1.72 bits per heavy atom. The highest BCUT2D eigenvalue weighted by atomic mass is 19.4. The lowest BCUT2D eigenvalue weighted by atomic mass is 9.91. The fraction of sp³-hybridized carbons (Fsp3) is 0.240. The summed E-state index contributed by atoms with van der Waals surface area (Å²) in [6.45, 7) is 0.389. The molecule has 1 unspecified atom stereocenters. The third-order valence-electron chi connectivity index (χ3n) is 5.48. The Kier molecular flexibility index (Phi) is 6.19. The van der Waals surface area contributed by atoms with Crippen molar-refractivity contribution in [3.63, 3.8) is 0 Å². The quantitative estimate of drug-likeness (QED) is 0.544. The minimum atomic E-state index is -4.45. The standard InChI is InChI=1S/C25H23F3N2O2/c1-32-20-11-8-18(9-12-20)24-29-22-13-10-19(25(26,27)28)16-21(22)23(30(24)14-5-15-31)17-6-3-2-4-7-17/h2-4,6-13,16,23,31H,5,14-15H2,1H3. The first kappa shape index (κ1) is 21.9. The lowest BCUT2D eigenvalue weighted by Gasteiger charge is -2.39. The van der Waals surface area contributed by atoms with E-state index < -0.39 is 17.8 Å². The molecule has 1 aliphatic rings. The average Bonchev–Trinajstić information content (AvgIpc) is 2.81. The number of hydrogen-bond donors (Lipinski definition) is 1. The molecule has 0 saturated heterocycles. The zero-order valence-electron chi connectivity index (χ0n) is 17.5. The van der Waals surface area contributed by atoms with Gasteiger partial charge in [-0.05, 0) is 54.4 Å². The number of hydrogen-bond acceptors (Lipinski definition) is 4. The molecule has 32 heavy (non-hydrogen) atoms. The van der Waals surface area contributed by atoms with Gasteiger partial charge in [-0.1, -0.05) is 30.3 Å². The molecule has 0 aromatic heterocycles. The molecule has 4 nitrogen and oxygen atoms in total. The van der Waals surface area contributed by atoms with Crippen molar-refractivity contribution in [1.29, 1.82) is 0 Å². The highest BCUT2D eigenvalue weighted by Gasteiger charge is 2.36. The number of fused-ring (bicyclic) bond motifs is 1. The fourth-order valence-electron chi connectivity index (χ4n) is 3.96. The summed E-state index contributed by atoms with van der Waals surface area (Å²) in [7, 11) is 1.58. The molecule has 1 atom stereocenters. The molecule has 0 bridgehead atoms. The van der Waals surface area contributed by atoms with Gasteiger partial charge in [0.15, 0.2) is 0 Å². The Bertz CT molecular complexity index is 1100. The monoisotopic (exact) mass is 440 g/mol. The summed E-state index contributed by atoms with van der Waals surface area (Å²) in [6.07, 6.45) is -4.00. The van der Waals surface area contributed by atoms with E-state index in [-0.39, 0.29) is 6.61 Å². The Hall–Kier alpha value is -3.32. The van der Waals surface area contributed by atoms with E-state index in [1.54, 1.807) is 7.11 Å².